The fraction of sp³-hybridized carbons (Fsp3) is 0.400. The van der Waals surface area contributed by atoms with Crippen molar-refractivity contribution >= 4 is 29.3 Å². The van der Waals surface area contributed by atoms with Gasteiger partial charge < -0.3 is 33.6 Å². The van der Waals surface area contributed by atoms with Crippen LogP contribution in [0.2, 0.25) is 0 Å². The molecule has 10 nitrogen and oxygen atoms in total. The Morgan fingerprint density at radius 1 is 1.00 bits per heavy atom. The predicted octanol–water partition coefficient (Wildman–Crippen LogP) is 3.18. The molecule has 2 aliphatic rings. The van der Waals surface area contributed by atoms with Crippen LogP contribution in [0.4, 0.5) is 4.79 Å². The first-order valence-electron chi connectivity index (χ1n) is 11.2. The molecule has 0 bridgehead atoms. The first-order chi connectivity index (χ1) is 17.4. The van der Waals surface area contributed by atoms with Gasteiger partial charge in [0.05, 0.1) is 27.4 Å². The van der Waals surface area contributed by atoms with Crippen molar-refractivity contribution in [3.8, 4) is 11.5 Å². The molecule has 2 aliphatic heterocycles. The van der Waals surface area contributed by atoms with Crippen LogP contribution in [0.25, 0.3) is 0 Å². The number of rotatable bonds is 9. The molecule has 0 unspecified atom stereocenters. The number of hydrogen-bond acceptors (Lipinski definition) is 9. The first kappa shape index (κ1) is 26.0. The number of carbonyl (C=O) groups excluding carboxylic acids is 1. The molecule has 192 valence electrons. The molecule has 1 saturated heterocycles. The van der Waals surface area contributed by atoms with Crippen LogP contribution < -0.4 is 9.47 Å². The largest absolute Gasteiger partial charge is 0.497 e. The smallest absolute Gasteiger partial charge is 0.413 e. The maximum absolute atomic E-state index is 12.0. The maximum Gasteiger partial charge on any atom is 0.413 e. The van der Waals surface area contributed by atoms with Crippen molar-refractivity contribution < 1.29 is 38.4 Å². The van der Waals surface area contributed by atoms with E-state index in [2.05, 4.69) is 4.99 Å². The molecule has 0 spiro atoms. The highest BCUT2D eigenvalue weighted by atomic mass is 32.2. The SMILES string of the molecule is COc1ccc(CO[C@@H]2[C@H]3N=C(N(C)C(=O)O)S[C@H]3O[C@H](C=O)[C@H]2OCc2ccc(OC)cc2)cc1. The summed E-state index contributed by atoms with van der Waals surface area (Å²) in [6, 6.07) is 14.3. The second-order valence-corrected chi connectivity index (χ2v) is 9.28. The molecule has 1 N–H and O–H groups in total. The second-order valence-electron chi connectivity index (χ2n) is 8.21. The van der Waals surface area contributed by atoms with Gasteiger partial charge in [-0.1, -0.05) is 36.0 Å². The number of carboxylic acid groups (broad SMARTS) is 1. The summed E-state index contributed by atoms with van der Waals surface area (Å²) < 4.78 is 28.9. The summed E-state index contributed by atoms with van der Waals surface area (Å²) in [5.74, 6) is 1.45. The lowest BCUT2D eigenvalue weighted by Gasteiger charge is -2.40. The van der Waals surface area contributed by atoms with Crippen LogP contribution in [0.3, 0.4) is 0 Å². The number of amidine groups is 1. The van der Waals surface area contributed by atoms with Gasteiger partial charge in [-0.05, 0) is 35.4 Å². The minimum absolute atomic E-state index is 0.209. The van der Waals surface area contributed by atoms with E-state index in [1.807, 2.05) is 48.5 Å². The van der Waals surface area contributed by atoms with E-state index in [9.17, 15) is 14.7 Å². The Balaban J connectivity index is 1.57. The van der Waals surface area contributed by atoms with Crippen LogP contribution in [0.5, 0.6) is 11.5 Å². The third-order valence-electron chi connectivity index (χ3n) is 5.95. The van der Waals surface area contributed by atoms with Crippen LogP contribution in [0.1, 0.15) is 11.1 Å². The van der Waals surface area contributed by atoms with Gasteiger partial charge in [0.15, 0.2) is 11.5 Å². The number of amides is 1. The molecule has 0 saturated carbocycles. The first-order valence-corrected chi connectivity index (χ1v) is 12.1. The van der Waals surface area contributed by atoms with Gasteiger partial charge in [0.2, 0.25) is 0 Å². The van der Waals surface area contributed by atoms with E-state index >= 15 is 0 Å². The summed E-state index contributed by atoms with van der Waals surface area (Å²) in [6.45, 7) is 0.441. The minimum atomic E-state index is -1.14. The fourth-order valence-electron chi connectivity index (χ4n) is 3.91. The van der Waals surface area contributed by atoms with Crippen molar-refractivity contribution in [2.24, 2.45) is 4.99 Å². The van der Waals surface area contributed by atoms with Crippen molar-refractivity contribution in [2.45, 2.75) is 43.0 Å². The van der Waals surface area contributed by atoms with Crippen LogP contribution >= 0.6 is 11.8 Å². The zero-order chi connectivity index (χ0) is 25.7. The lowest BCUT2D eigenvalue weighted by molar-refractivity contribution is -0.193. The van der Waals surface area contributed by atoms with Gasteiger partial charge in [0.1, 0.15) is 41.3 Å². The Labute approximate surface area is 213 Å². The van der Waals surface area contributed by atoms with Crippen molar-refractivity contribution in [1.29, 1.82) is 0 Å². The third-order valence-corrected chi connectivity index (χ3v) is 7.16. The van der Waals surface area contributed by atoms with Crippen LogP contribution in [0, 0.1) is 0 Å². The van der Waals surface area contributed by atoms with Crippen LogP contribution in [-0.2, 0) is 32.2 Å². The van der Waals surface area contributed by atoms with Crippen molar-refractivity contribution in [2.75, 3.05) is 21.3 Å². The number of aldehydes is 1. The quantitative estimate of drug-likeness (QED) is 0.502. The average Bonchev–Trinajstić information content (AvgIpc) is 3.34. The molecule has 0 radical (unpaired) electrons. The van der Waals surface area contributed by atoms with E-state index in [0.29, 0.717) is 6.29 Å². The van der Waals surface area contributed by atoms with E-state index < -0.39 is 35.9 Å². The van der Waals surface area contributed by atoms with Gasteiger partial charge in [-0.2, -0.15) is 0 Å². The molecular weight excluding hydrogens is 488 g/mol. The zero-order valence-electron chi connectivity index (χ0n) is 20.1. The van der Waals surface area contributed by atoms with Crippen molar-refractivity contribution in [3.63, 3.8) is 0 Å². The molecule has 2 heterocycles. The Morgan fingerprint density at radius 2 is 1.53 bits per heavy atom. The average molecular weight is 517 g/mol. The minimum Gasteiger partial charge on any atom is -0.497 e. The number of thioether (sulfide) groups is 1. The Hall–Kier alpha value is -3.12. The van der Waals surface area contributed by atoms with Gasteiger partial charge in [-0.3, -0.25) is 9.89 Å². The molecule has 4 rings (SSSR count). The summed E-state index contributed by atoms with van der Waals surface area (Å²) in [6.07, 6.45) is -2.79. The molecule has 36 heavy (non-hydrogen) atoms. The van der Waals surface area contributed by atoms with E-state index in [-0.39, 0.29) is 18.4 Å². The van der Waals surface area contributed by atoms with E-state index in [1.54, 1.807) is 14.2 Å². The molecule has 1 fully saturated rings. The highest BCUT2D eigenvalue weighted by Gasteiger charge is 2.51. The van der Waals surface area contributed by atoms with Crippen molar-refractivity contribution in [1.82, 2.24) is 4.90 Å². The summed E-state index contributed by atoms with van der Waals surface area (Å²) in [7, 11) is 4.60. The molecule has 0 aromatic heterocycles. The number of aliphatic imine (C=N–C) groups is 1. The van der Waals surface area contributed by atoms with Crippen LogP contribution in [-0.4, -0.2) is 78.6 Å². The number of fused-ring (bicyclic) bond motifs is 1. The molecular formula is C25H28N2O8S. The number of nitrogens with zero attached hydrogens (tertiary/aromatic N) is 2. The molecule has 5 atom stereocenters. The van der Waals surface area contributed by atoms with Gasteiger partial charge in [-0.15, -0.1) is 0 Å². The number of carbonyl (C=O) groups is 2. The van der Waals surface area contributed by atoms with Gasteiger partial charge in [0.25, 0.3) is 0 Å². The fourth-order valence-corrected chi connectivity index (χ4v) is 5.08. The Bertz CT molecular complexity index is 1080. The van der Waals surface area contributed by atoms with Gasteiger partial charge in [-0.25, -0.2) is 4.79 Å². The standard InChI is InChI=1S/C25H28N2O8S/c1-27(25(29)30)24-26-20-22(34-14-16-6-10-18(32-3)11-7-16)21(19(12-28)35-23(20)36-24)33-13-15-4-8-17(31-2)9-5-15/h4-12,19-23H,13-14H2,1-3H3,(H,29,30)/t19-,20-,21-,22-,23-/m1/s1. The summed E-state index contributed by atoms with van der Waals surface area (Å²) in [5.41, 5.74) is 1.19. The number of ether oxygens (including phenoxy) is 5. The highest BCUT2D eigenvalue weighted by molar-refractivity contribution is 8.14. The monoisotopic (exact) mass is 516 g/mol. The van der Waals surface area contributed by atoms with Crippen LogP contribution in [0.15, 0.2) is 53.5 Å². The second kappa shape index (κ2) is 11.7. The van der Waals surface area contributed by atoms with Crippen molar-refractivity contribution in [3.05, 3.63) is 59.7 Å². The molecule has 1 amide bonds. The zero-order valence-corrected chi connectivity index (χ0v) is 20.9. The normalized spacial score (nSPS) is 25.0. The summed E-state index contributed by atoms with van der Waals surface area (Å²) in [4.78, 5) is 29.1. The maximum atomic E-state index is 12.0. The lowest BCUT2D eigenvalue weighted by atomic mass is 9.98. The lowest BCUT2D eigenvalue weighted by Crippen LogP contribution is -2.57. The van der Waals surface area contributed by atoms with Gasteiger partial charge >= 0.3 is 6.09 Å². The van der Waals surface area contributed by atoms with E-state index in [1.165, 1.54) is 7.05 Å². The van der Waals surface area contributed by atoms with Gasteiger partial charge in [0, 0.05) is 7.05 Å². The van der Waals surface area contributed by atoms with E-state index in [4.69, 9.17) is 23.7 Å². The molecule has 0 aliphatic carbocycles. The predicted molar refractivity (Wildman–Crippen MR) is 132 cm³/mol. The Morgan fingerprint density at radius 3 is 2.00 bits per heavy atom. The topological polar surface area (TPSA) is 116 Å². The number of benzene rings is 2. The summed E-state index contributed by atoms with van der Waals surface area (Å²) in [5, 5.41) is 9.67. The van der Waals surface area contributed by atoms with E-state index in [0.717, 1.165) is 39.3 Å². The Kier molecular flexibility index (Phi) is 8.47. The molecule has 2 aromatic rings. The number of methoxy groups -OCH3 is 2. The summed E-state index contributed by atoms with van der Waals surface area (Å²) >= 11 is 1.15. The third kappa shape index (κ3) is 5.81. The molecule has 11 heteroatoms. The number of hydrogen-bond donors (Lipinski definition) is 1. The highest BCUT2D eigenvalue weighted by Crippen LogP contribution is 2.39. The molecule has 2 aromatic carbocycles.